The predicted molar refractivity (Wildman–Crippen MR) is 72.6 cm³/mol. The van der Waals surface area contributed by atoms with Crippen LogP contribution in [0.3, 0.4) is 0 Å². The van der Waals surface area contributed by atoms with Crippen LogP contribution < -0.4 is 10.1 Å². The van der Waals surface area contributed by atoms with E-state index < -0.39 is 0 Å². The largest absolute Gasteiger partial charge is 0.507 e. The van der Waals surface area contributed by atoms with Crippen molar-refractivity contribution in [2.24, 2.45) is 0 Å². The Bertz CT molecular complexity index is 454. The van der Waals surface area contributed by atoms with Crippen LogP contribution in [0, 0.1) is 0 Å². The topological polar surface area (TPSA) is 61.8 Å². The zero-order chi connectivity index (χ0) is 13.8. The number of carbonyl (C=O) groups is 1. The van der Waals surface area contributed by atoms with E-state index in [-0.39, 0.29) is 11.7 Å². The molecule has 0 aromatic heterocycles. The number of rotatable bonds is 3. The van der Waals surface area contributed by atoms with Gasteiger partial charge in [0.1, 0.15) is 11.5 Å². The van der Waals surface area contributed by atoms with Crippen molar-refractivity contribution >= 4 is 5.91 Å². The van der Waals surface area contributed by atoms with E-state index in [1.165, 1.54) is 13.2 Å². The molecule has 0 spiro atoms. The number of piperidine rings is 1. The maximum absolute atomic E-state index is 12.3. The fraction of sp³-hybridized carbons (Fsp3) is 0.500. The lowest BCUT2D eigenvalue weighted by molar-refractivity contribution is 0.0704. The summed E-state index contributed by atoms with van der Waals surface area (Å²) in [5.74, 6) is 0.401. The van der Waals surface area contributed by atoms with Gasteiger partial charge in [-0.1, -0.05) is 0 Å². The first-order chi connectivity index (χ1) is 9.15. The molecule has 19 heavy (non-hydrogen) atoms. The van der Waals surface area contributed by atoms with Crippen LogP contribution in [0.4, 0.5) is 0 Å². The number of phenols is 1. The van der Waals surface area contributed by atoms with Crippen molar-refractivity contribution in [2.45, 2.75) is 18.9 Å². The number of phenolic OH excluding ortho intramolecular Hbond substituents is 1. The lowest BCUT2D eigenvalue weighted by atomic mass is 10.0. The molecule has 1 aromatic rings. The van der Waals surface area contributed by atoms with Crippen LogP contribution in [0.5, 0.6) is 11.5 Å². The minimum Gasteiger partial charge on any atom is -0.507 e. The predicted octanol–water partition coefficient (Wildman–Crippen LogP) is 1.22. The van der Waals surface area contributed by atoms with Gasteiger partial charge in [0, 0.05) is 25.2 Å². The van der Waals surface area contributed by atoms with Gasteiger partial charge in [0.25, 0.3) is 5.91 Å². The van der Waals surface area contributed by atoms with Crippen molar-refractivity contribution in [2.75, 3.05) is 27.2 Å². The summed E-state index contributed by atoms with van der Waals surface area (Å²) in [7, 11) is 3.47. The summed E-state index contributed by atoms with van der Waals surface area (Å²) in [4.78, 5) is 14.1. The first kappa shape index (κ1) is 13.7. The number of amides is 1. The molecule has 2 N–H and O–H groups in total. The standard InChI is InChI=1S/C14H20N2O3/c1-15-10-5-7-16(8-6-10)14(18)12-4-3-11(19-2)9-13(12)17/h3-4,9-10,15,17H,5-8H2,1-2H3. The van der Waals surface area contributed by atoms with Gasteiger partial charge in [0.2, 0.25) is 0 Å². The van der Waals surface area contributed by atoms with E-state index in [9.17, 15) is 9.90 Å². The maximum Gasteiger partial charge on any atom is 0.257 e. The molecule has 2 rings (SSSR count). The van der Waals surface area contributed by atoms with Crippen molar-refractivity contribution in [1.29, 1.82) is 0 Å². The van der Waals surface area contributed by atoms with E-state index in [1.807, 2.05) is 7.05 Å². The summed E-state index contributed by atoms with van der Waals surface area (Å²) < 4.78 is 5.01. The van der Waals surface area contributed by atoms with Crippen molar-refractivity contribution in [3.63, 3.8) is 0 Å². The van der Waals surface area contributed by atoms with Gasteiger partial charge in [0.05, 0.1) is 12.7 Å². The number of ether oxygens (including phenoxy) is 1. The number of benzene rings is 1. The van der Waals surface area contributed by atoms with Crippen LogP contribution in [0.25, 0.3) is 0 Å². The highest BCUT2D eigenvalue weighted by atomic mass is 16.5. The van der Waals surface area contributed by atoms with Crippen molar-refractivity contribution in [3.8, 4) is 11.5 Å². The molecule has 0 saturated carbocycles. The Morgan fingerprint density at radius 3 is 2.63 bits per heavy atom. The van der Waals surface area contributed by atoms with Crippen LogP contribution in [0.1, 0.15) is 23.2 Å². The van der Waals surface area contributed by atoms with Gasteiger partial charge >= 0.3 is 0 Å². The number of carbonyl (C=O) groups excluding carboxylic acids is 1. The number of aromatic hydroxyl groups is 1. The lowest BCUT2D eigenvalue weighted by Crippen LogP contribution is -2.43. The van der Waals surface area contributed by atoms with E-state index in [0.717, 1.165) is 25.9 Å². The van der Waals surface area contributed by atoms with E-state index in [4.69, 9.17) is 4.74 Å². The molecule has 0 atom stereocenters. The molecule has 1 heterocycles. The second kappa shape index (κ2) is 5.93. The third kappa shape index (κ3) is 2.98. The minimum absolute atomic E-state index is 0.0277. The second-order valence-corrected chi connectivity index (χ2v) is 4.74. The van der Waals surface area contributed by atoms with Gasteiger partial charge in [-0.25, -0.2) is 0 Å². The Balaban J connectivity index is 2.08. The summed E-state index contributed by atoms with van der Waals surface area (Å²) in [6.07, 6.45) is 1.89. The molecule has 1 fully saturated rings. The molecule has 1 aliphatic heterocycles. The lowest BCUT2D eigenvalue weighted by Gasteiger charge is -2.32. The highest BCUT2D eigenvalue weighted by Crippen LogP contribution is 2.25. The Labute approximate surface area is 113 Å². The normalized spacial score (nSPS) is 16.4. The molecule has 0 aliphatic carbocycles. The summed E-state index contributed by atoms with van der Waals surface area (Å²) in [6, 6.07) is 5.25. The van der Waals surface area contributed by atoms with Gasteiger partial charge in [-0.2, -0.15) is 0 Å². The molecule has 104 valence electrons. The summed E-state index contributed by atoms with van der Waals surface area (Å²) >= 11 is 0. The van der Waals surface area contributed by atoms with Gasteiger partial charge in [-0.15, -0.1) is 0 Å². The van der Waals surface area contributed by atoms with Crippen LogP contribution in [-0.4, -0.2) is 49.2 Å². The number of nitrogens with one attached hydrogen (secondary N) is 1. The van der Waals surface area contributed by atoms with Crippen molar-refractivity contribution < 1.29 is 14.6 Å². The monoisotopic (exact) mass is 264 g/mol. The molecule has 0 bridgehead atoms. The fourth-order valence-corrected chi connectivity index (χ4v) is 2.36. The Hall–Kier alpha value is -1.75. The van der Waals surface area contributed by atoms with Crippen LogP contribution >= 0.6 is 0 Å². The Morgan fingerprint density at radius 1 is 1.42 bits per heavy atom. The summed E-state index contributed by atoms with van der Waals surface area (Å²) in [5.41, 5.74) is 0.337. The van der Waals surface area contributed by atoms with Gasteiger partial charge in [-0.3, -0.25) is 4.79 Å². The average Bonchev–Trinajstić information content (AvgIpc) is 2.46. The van der Waals surface area contributed by atoms with Crippen molar-refractivity contribution in [3.05, 3.63) is 23.8 Å². The quantitative estimate of drug-likeness (QED) is 0.862. The van der Waals surface area contributed by atoms with Crippen molar-refractivity contribution in [1.82, 2.24) is 10.2 Å². The second-order valence-electron chi connectivity index (χ2n) is 4.74. The zero-order valence-electron chi connectivity index (χ0n) is 11.3. The average molecular weight is 264 g/mol. The first-order valence-electron chi connectivity index (χ1n) is 6.49. The zero-order valence-corrected chi connectivity index (χ0v) is 11.3. The molecule has 1 saturated heterocycles. The highest BCUT2D eigenvalue weighted by Gasteiger charge is 2.24. The molecule has 1 amide bonds. The number of hydrogen-bond acceptors (Lipinski definition) is 4. The highest BCUT2D eigenvalue weighted by molar-refractivity contribution is 5.97. The summed E-state index contributed by atoms with van der Waals surface area (Å²) in [5, 5.41) is 13.1. The van der Waals surface area contributed by atoms with Gasteiger partial charge < -0.3 is 20.1 Å². The molecule has 5 heteroatoms. The van der Waals surface area contributed by atoms with E-state index in [1.54, 1.807) is 17.0 Å². The van der Waals surface area contributed by atoms with Crippen LogP contribution in [-0.2, 0) is 0 Å². The number of likely N-dealkylation sites (tertiary alicyclic amines) is 1. The van der Waals surface area contributed by atoms with Gasteiger partial charge in [0.15, 0.2) is 0 Å². The number of nitrogens with zero attached hydrogens (tertiary/aromatic N) is 1. The molecular formula is C14H20N2O3. The maximum atomic E-state index is 12.3. The SMILES string of the molecule is CNC1CCN(C(=O)c2ccc(OC)cc2O)CC1. The fourth-order valence-electron chi connectivity index (χ4n) is 2.36. The third-order valence-electron chi connectivity index (χ3n) is 3.63. The summed E-state index contributed by atoms with van der Waals surface area (Å²) in [6.45, 7) is 1.44. The minimum atomic E-state index is -0.116. The van der Waals surface area contributed by atoms with E-state index >= 15 is 0 Å². The molecule has 1 aromatic carbocycles. The van der Waals surface area contributed by atoms with E-state index in [2.05, 4.69) is 5.32 Å². The number of methoxy groups -OCH3 is 1. The Kier molecular flexibility index (Phi) is 4.27. The van der Waals surface area contributed by atoms with Gasteiger partial charge in [-0.05, 0) is 32.0 Å². The molecule has 0 unspecified atom stereocenters. The smallest absolute Gasteiger partial charge is 0.257 e. The molecule has 0 radical (unpaired) electrons. The Morgan fingerprint density at radius 2 is 2.11 bits per heavy atom. The van der Waals surface area contributed by atoms with E-state index in [0.29, 0.717) is 17.4 Å². The molecule has 5 nitrogen and oxygen atoms in total. The van der Waals surface area contributed by atoms with Crippen LogP contribution in [0.2, 0.25) is 0 Å². The third-order valence-corrected chi connectivity index (χ3v) is 3.63. The molecular weight excluding hydrogens is 244 g/mol. The number of hydrogen-bond donors (Lipinski definition) is 2. The van der Waals surface area contributed by atoms with Crippen LogP contribution in [0.15, 0.2) is 18.2 Å². The first-order valence-corrected chi connectivity index (χ1v) is 6.49. The molecule has 1 aliphatic rings.